The van der Waals surface area contributed by atoms with Crippen LogP contribution in [-0.2, 0) is 7.05 Å². The first kappa shape index (κ1) is 15.0. The predicted molar refractivity (Wildman–Crippen MR) is 77.8 cm³/mol. The van der Waals surface area contributed by atoms with Crippen LogP contribution in [0.3, 0.4) is 0 Å². The summed E-state index contributed by atoms with van der Waals surface area (Å²) in [7, 11) is 1.79. The monoisotopic (exact) mass is 292 g/mol. The summed E-state index contributed by atoms with van der Waals surface area (Å²) in [4.78, 5) is 12.5. The Morgan fingerprint density at radius 3 is 2.57 bits per heavy atom. The molecule has 2 aromatic rings. The quantitative estimate of drug-likeness (QED) is 0.834. The van der Waals surface area contributed by atoms with Gasteiger partial charge in [-0.25, -0.2) is 4.68 Å². The molecule has 8 heteroatoms. The van der Waals surface area contributed by atoms with Gasteiger partial charge in [0.25, 0.3) is 0 Å². The molecule has 0 aromatic carbocycles. The maximum absolute atomic E-state index is 5.66. The number of aromatic nitrogens is 5. The van der Waals surface area contributed by atoms with E-state index >= 15 is 0 Å². The van der Waals surface area contributed by atoms with Crippen molar-refractivity contribution in [1.82, 2.24) is 24.7 Å². The summed E-state index contributed by atoms with van der Waals surface area (Å²) >= 11 is 0. The van der Waals surface area contributed by atoms with E-state index in [2.05, 4.69) is 32.3 Å². The molecule has 2 aromatic heterocycles. The first-order valence-electron chi connectivity index (χ1n) is 6.93. The molecule has 0 spiro atoms. The van der Waals surface area contributed by atoms with E-state index in [0.717, 1.165) is 18.7 Å². The molecule has 0 saturated carbocycles. The van der Waals surface area contributed by atoms with Crippen LogP contribution in [-0.4, -0.2) is 37.9 Å². The third kappa shape index (κ3) is 4.04. The number of nitrogens with one attached hydrogen (secondary N) is 1. The molecule has 0 atom stereocenters. The Balaban J connectivity index is 2.24. The van der Waals surface area contributed by atoms with E-state index < -0.39 is 0 Å². The van der Waals surface area contributed by atoms with Gasteiger partial charge in [-0.3, -0.25) is 0 Å². The van der Waals surface area contributed by atoms with Crippen molar-refractivity contribution in [2.75, 3.05) is 18.5 Å². The zero-order valence-electron chi connectivity index (χ0n) is 12.8. The molecule has 2 rings (SSSR count). The Bertz CT molecular complexity index is 598. The summed E-state index contributed by atoms with van der Waals surface area (Å²) in [6, 6.07) is 2.22. The van der Waals surface area contributed by atoms with Crippen LogP contribution in [0.4, 0.5) is 5.95 Å². The number of rotatable bonds is 7. The average molecular weight is 292 g/mol. The van der Waals surface area contributed by atoms with Gasteiger partial charge in [-0.2, -0.15) is 15.1 Å². The van der Waals surface area contributed by atoms with Crippen LogP contribution in [0.1, 0.15) is 26.0 Å². The van der Waals surface area contributed by atoms with Gasteiger partial charge in [0.15, 0.2) is 0 Å². The lowest BCUT2D eigenvalue weighted by Gasteiger charge is -2.08. The zero-order chi connectivity index (χ0) is 15.2. The number of hydrogen-bond acceptors (Lipinski definition) is 7. The second-order valence-corrected chi connectivity index (χ2v) is 4.43. The second kappa shape index (κ2) is 6.87. The first-order chi connectivity index (χ1) is 10.1. The van der Waals surface area contributed by atoms with Crippen molar-refractivity contribution in [3.05, 3.63) is 11.8 Å². The zero-order valence-corrected chi connectivity index (χ0v) is 12.8. The second-order valence-electron chi connectivity index (χ2n) is 4.43. The molecule has 0 fully saturated rings. The van der Waals surface area contributed by atoms with Crippen LogP contribution in [0, 0.1) is 6.92 Å². The molecule has 114 valence electrons. The Labute approximate surface area is 123 Å². The van der Waals surface area contributed by atoms with Crippen molar-refractivity contribution in [1.29, 1.82) is 0 Å². The lowest BCUT2D eigenvalue weighted by atomic mass is 10.5. The maximum atomic E-state index is 5.66. The van der Waals surface area contributed by atoms with E-state index in [1.165, 1.54) is 0 Å². The highest BCUT2D eigenvalue weighted by Gasteiger charge is 2.11. The molecule has 0 bridgehead atoms. The molecule has 21 heavy (non-hydrogen) atoms. The minimum absolute atomic E-state index is 0.176. The minimum atomic E-state index is 0.176. The Kier molecular flexibility index (Phi) is 4.91. The highest BCUT2D eigenvalue weighted by molar-refractivity contribution is 5.29. The van der Waals surface area contributed by atoms with Crippen molar-refractivity contribution in [3.63, 3.8) is 0 Å². The van der Waals surface area contributed by atoms with Gasteiger partial charge in [-0.1, -0.05) is 6.92 Å². The topological polar surface area (TPSA) is 87.0 Å². The van der Waals surface area contributed by atoms with Gasteiger partial charge in [0.05, 0.1) is 12.3 Å². The Hall–Kier alpha value is -2.38. The Morgan fingerprint density at radius 2 is 1.95 bits per heavy atom. The van der Waals surface area contributed by atoms with Crippen molar-refractivity contribution in [2.45, 2.75) is 27.2 Å². The standard InChI is InChI=1S/C13H20N6O2/c1-5-7-14-11-15-12(20-6-2)17-13(16-11)21-10-8-9(3)18-19(10)4/h8H,5-7H2,1-4H3,(H,14,15,16,17). The summed E-state index contributed by atoms with van der Waals surface area (Å²) in [5.41, 5.74) is 0.857. The van der Waals surface area contributed by atoms with Gasteiger partial charge >= 0.3 is 12.0 Å². The number of nitrogens with zero attached hydrogens (tertiary/aromatic N) is 5. The molecular weight excluding hydrogens is 272 g/mol. The highest BCUT2D eigenvalue weighted by atomic mass is 16.5. The van der Waals surface area contributed by atoms with Crippen LogP contribution in [0.2, 0.25) is 0 Å². The van der Waals surface area contributed by atoms with Crippen molar-refractivity contribution in [2.24, 2.45) is 7.05 Å². The van der Waals surface area contributed by atoms with E-state index in [4.69, 9.17) is 9.47 Å². The molecule has 0 aliphatic carbocycles. The van der Waals surface area contributed by atoms with Crippen LogP contribution in [0.15, 0.2) is 6.07 Å². The molecule has 0 aliphatic heterocycles. The summed E-state index contributed by atoms with van der Waals surface area (Å²) in [6.07, 6.45) is 0.965. The third-order valence-electron chi connectivity index (χ3n) is 2.56. The van der Waals surface area contributed by atoms with Crippen LogP contribution < -0.4 is 14.8 Å². The van der Waals surface area contributed by atoms with Gasteiger partial charge < -0.3 is 14.8 Å². The largest absolute Gasteiger partial charge is 0.464 e. The van der Waals surface area contributed by atoms with Crippen molar-refractivity contribution < 1.29 is 9.47 Å². The van der Waals surface area contributed by atoms with Gasteiger partial charge in [0.1, 0.15) is 0 Å². The SMILES string of the molecule is CCCNc1nc(OCC)nc(Oc2cc(C)nn2C)n1. The fraction of sp³-hybridized carbons (Fsp3) is 0.538. The Morgan fingerprint density at radius 1 is 1.19 bits per heavy atom. The molecule has 1 N–H and O–H groups in total. The summed E-state index contributed by atoms with van der Waals surface area (Å²) in [5, 5.41) is 7.31. The lowest BCUT2D eigenvalue weighted by Crippen LogP contribution is -2.09. The van der Waals surface area contributed by atoms with Gasteiger partial charge in [0, 0.05) is 19.7 Å². The number of anilines is 1. The number of hydrogen-bond donors (Lipinski definition) is 1. The smallest absolute Gasteiger partial charge is 0.331 e. The molecule has 8 nitrogen and oxygen atoms in total. The molecule has 0 unspecified atom stereocenters. The van der Waals surface area contributed by atoms with Crippen LogP contribution >= 0.6 is 0 Å². The fourth-order valence-electron chi connectivity index (χ4n) is 1.67. The molecule has 0 radical (unpaired) electrons. The van der Waals surface area contributed by atoms with E-state index in [9.17, 15) is 0 Å². The predicted octanol–water partition coefficient (Wildman–Crippen LogP) is 1.93. The highest BCUT2D eigenvalue weighted by Crippen LogP contribution is 2.20. The lowest BCUT2D eigenvalue weighted by molar-refractivity contribution is 0.301. The number of ether oxygens (including phenoxy) is 2. The van der Waals surface area contributed by atoms with Gasteiger partial charge in [-0.15, -0.1) is 4.98 Å². The van der Waals surface area contributed by atoms with Crippen LogP contribution in [0.5, 0.6) is 17.9 Å². The molecule has 2 heterocycles. The van der Waals surface area contributed by atoms with Gasteiger partial charge in [0.2, 0.25) is 11.8 Å². The number of aryl methyl sites for hydroxylation is 2. The first-order valence-corrected chi connectivity index (χ1v) is 6.93. The van der Waals surface area contributed by atoms with E-state index in [1.807, 2.05) is 19.9 Å². The maximum Gasteiger partial charge on any atom is 0.331 e. The van der Waals surface area contributed by atoms with Crippen molar-refractivity contribution >= 4 is 5.95 Å². The molecule has 0 saturated heterocycles. The third-order valence-corrected chi connectivity index (χ3v) is 2.56. The molecular formula is C13H20N6O2. The summed E-state index contributed by atoms with van der Waals surface area (Å²) < 4.78 is 12.6. The van der Waals surface area contributed by atoms with E-state index in [-0.39, 0.29) is 12.0 Å². The molecule has 0 aliphatic rings. The van der Waals surface area contributed by atoms with Gasteiger partial charge in [-0.05, 0) is 20.3 Å². The fourth-order valence-corrected chi connectivity index (χ4v) is 1.67. The summed E-state index contributed by atoms with van der Waals surface area (Å²) in [5.74, 6) is 0.992. The average Bonchev–Trinajstić information content (AvgIpc) is 2.75. The molecule has 0 amide bonds. The summed E-state index contributed by atoms with van der Waals surface area (Å²) in [6.45, 7) is 7.06. The van der Waals surface area contributed by atoms with Crippen LogP contribution in [0.25, 0.3) is 0 Å². The van der Waals surface area contributed by atoms with E-state index in [0.29, 0.717) is 18.4 Å². The van der Waals surface area contributed by atoms with Crippen molar-refractivity contribution in [3.8, 4) is 17.9 Å². The minimum Gasteiger partial charge on any atom is -0.464 e. The normalized spacial score (nSPS) is 10.5. The van der Waals surface area contributed by atoms with E-state index in [1.54, 1.807) is 11.7 Å².